The molecule has 0 saturated carbocycles. The second-order valence-electron chi connectivity index (χ2n) is 9.61. The number of piperidine rings is 1. The second kappa shape index (κ2) is 10.4. The van der Waals surface area contributed by atoms with Gasteiger partial charge in [0.25, 0.3) is 0 Å². The summed E-state index contributed by atoms with van der Waals surface area (Å²) in [5.74, 6) is 0.505. The van der Waals surface area contributed by atoms with Crippen LogP contribution in [0, 0.1) is 5.92 Å². The van der Waals surface area contributed by atoms with E-state index in [1.54, 1.807) is 17.4 Å². The number of hydrogen-bond acceptors (Lipinski definition) is 3. The third kappa shape index (κ3) is 5.10. The molecule has 1 saturated heterocycles. The van der Waals surface area contributed by atoms with Crippen LogP contribution in [0.25, 0.3) is 10.8 Å². The van der Waals surface area contributed by atoms with Gasteiger partial charge < -0.3 is 14.4 Å². The largest absolute Gasteiger partial charge is 0.472 e. The Balaban J connectivity index is 1.43. The van der Waals surface area contributed by atoms with Gasteiger partial charge in [0.2, 0.25) is 0 Å². The van der Waals surface area contributed by atoms with Gasteiger partial charge in [0.15, 0.2) is 0 Å². The van der Waals surface area contributed by atoms with Gasteiger partial charge in [-0.2, -0.15) is 0 Å². The van der Waals surface area contributed by atoms with Gasteiger partial charge in [0.1, 0.15) is 0 Å². The lowest BCUT2D eigenvalue weighted by Gasteiger charge is -2.41. The third-order valence-corrected chi connectivity index (χ3v) is 7.45. The van der Waals surface area contributed by atoms with E-state index in [-0.39, 0.29) is 12.0 Å². The summed E-state index contributed by atoms with van der Waals surface area (Å²) in [4.78, 5) is 16.7. The van der Waals surface area contributed by atoms with Crippen molar-refractivity contribution in [3.8, 4) is 0 Å². The van der Waals surface area contributed by atoms with Crippen molar-refractivity contribution in [3.63, 3.8) is 0 Å². The number of nitrogens with zero attached hydrogens (tertiary/aromatic N) is 2. The molecule has 180 valence electrons. The molecule has 1 aliphatic rings. The number of carboxylic acid groups (broad SMARTS) is 1. The van der Waals surface area contributed by atoms with E-state index in [1.165, 1.54) is 5.56 Å². The number of hydrogen-bond donors (Lipinski definition) is 1. The topological polar surface area (TPSA) is 56.9 Å². The minimum Gasteiger partial charge on any atom is -0.472 e. The highest BCUT2D eigenvalue weighted by Crippen LogP contribution is 2.36. The Kier molecular flexibility index (Phi) is 6.87. The van der Waals surface area contributed by atoms with Crippen molar-refractivity contribution in [1.29, 1.82) is 0 Å². The van der Waals surface area contributed by atoms with E-state index in [9.17, 15) is 9.90 Å². The summed E-state index contributed by atoms with van der Waals surface area (Å²) in [7, 11) is 0. The zero-order valence-electron chi connectivity index (χ0n) is 20.1. The van der Waals surface area contributed by atoms with E-state index >= 15 is 0 Å². The Bertz CT molecular complexity index is 1250. The van der Waals surface area contributed by atoms with Crippen molar-refractivity contribution in [2.75, 3.05) is 19.6 Å². The van der Waals surface area contributed by atoms with Crippen molar-refractivity contribution in [2.45, 2.75) is 31.8 Å². The van der Waals surface area contributed by atoms with Gasteiger partial charge >= 0.3 is 6.09 Å². The van der Waals surface area contributed by atoms with Crippen molar-refractivity contribution in [3.05, 3.63) is 108 Å². The van der Waals surface area contributed by atoms with Crippen molar-refractivity contribution >= 4 is 16.9 Å². The molecule has 4 aromatic rings. The van der Waals surface area contributed by atoms with Crippen LogP contribution in [0.3, 0.4) is 0 Å². The van der Waals surface area contributed by atoms with Crippen LogP contribution < -0.4 is 0 Å². The van der Waals surface area contributed by atoms with Crippen molar-refractivity contribution in [2.24, 2.45) is 5.92 Å². The molecular weight excluding hydrogens is 436 g/mol. The summed E-state index contributed by atoms with van der Waals surface area (Å²) < 4.78 is 5.27. The highest BCUT2D eigenvalue weighted by atomic mass is 16.4. The molecule has 2 unspecified atom stereocenters. The summed E-state index contributed by atoms with van der Waals surface area (Å²) in [6.45, 7) is 5.14. The quantitative estimate of drug-likeness (QED) is 0.325. The molecule has 3 atom stereocenters. The highest BCUT2D eigenvalue weighted by molar-refractivity contribution is 5.86. The maximum Gasteiger partial charge on any atom is 0.407 e. The van der Waals surface area contributed by atoms with Gasteiger partial charge in [0, 0.05) is 25.2 Å². The van der Waals surface area contributed by atoms with Crippen molar-refractivity contribution in [1.82, 2.24) is 9.80 Å². The Morgan fingerprint density at radius 2 is 1.83 bits per heavy atom. The van der Waals surface area contributed by atoms with E-state index in [2.05, 4.69) is 53.4 Å². The standard InChI is InChI=1S/C30H32N2O3/c1-22(27-13-7-11-25-10-5-6-12-29(25)27)32(30(33)34)20-26-19-31(18-23-15-17-35-21-23)16-14-28(26)24-8-3-2-4-9-24/h2-13,15,17,21-22,26,28H,14,16,18-20H2,1H3,(H,33,34)/t22-,26?,28?/m1/s1. The molecule has 5 nitrogen and oxygen atoms in total. The predicted molar refractivity (Wildman–Crippen MR) is 138 cm³/mol. The molecule has 1 fully saturated rings. The molecule has 1 aromatic heterocycles. The van der Waals surface area contributed by atoms with Crippen LogP contribution in [0.1, 0.15) is 42.0 Å². The minimum atomic E-state index is -0.871. The van der Waals surface area contributed by atoms with E-state index in [1.807, 2.05) is 37.3 Å². The van der Waals surface area contributed by atoms with Crippen LogP contribution in [0.4, 0.5) is 4.79 Å². The molecule has 0 spiro atoms. The fourth-order valence-electron chi connectivity index (χ4n) is 5.65. The first kappa shape index (κ1) is 23.2. The van der Waals surface area contributed by atoms with Gasteiger partial charge in [-0.25, -0.2) is 4.79 Å². The molecule has 35 heavy (non-hydrogen) atoms. The van der Waals surface area contributed by atoms with Gasteiger partial charge in [-0.1, -0.05) is 72.8 Å². The zero-order chi connectivity index (χ0) is 24.2. The lowest BCUT2D eigenvalue weighted by Crippen LogP contribution is -2.46. The lowest BCUT2D eigenvalue weighted by molar-refractivity contribution is 0.0836. The van der Waals surface area contributed by atoms with Gasteiger partial charge in [-0.05, 0) is 59.7 Å². The molecule has 0 radical (unpaired) electrons. The van der Waals surface area contributed by atoms with Crippen LogP contribution in [-0.4, -0.2) is 40.6 Å². The smallest absolute Gasteiger partial charge is 0.407 e. The van der Waals surface area contributed by atoms with Crippen LogP contribution in [0.2, 0.25) is 0 Å². The lowest BCUT2D eigenvalue weighted by atomic mass is 9.79. The first-order chi connectivity index (χ1) is 17.1. The van der Waals surface area contributed by atoms with Crippen LogP contribution in [0.5, 0.6) is 0 Å². The Morgan fingerprint density at radius 1 is 1.06 bits per heavy atom. The van der Waals surface area contributed by atoms with Gasteiger partial charge in [0.05, 0.1) is 18.6 Å². The molecule has 5 rings (SSSR count). The number of benzene rings is 3. The SMILES string of the molecule is C[C@H](c1cccc2ccccc12)N(CC1CN(Cc2ccoc2)CCC1c1ccccc1)C(=O)O. The third-order valence-electron chi connectivity index (χ3n) is 7.45. The van der Waals surface area contributed by atoms with E-state index in [0.717, 1.165) is 48.0 Å². The number of carbonyl (C=O) groups is 1. The number of furan rings is 1. The number of fused-ring (bicyclic) bond motifs is 1. The van der Waals surface area contributed by atoms with Crippen LogP contribution in [0.15, 0.2) is 95.8 Å². The maximum atomic E-state index is 12.6. The summed E-state index contributed by atoms with van der Waals surface area (Å²) in [5.41, 5.74) is 3.50. The Morgan fingerprint density at radius 3 is 2.60 bits per heavy atom. The molecule has 1 aliphatic heterocycles. The zero-order valence-corrected chi connectivity index (χ0v) is 20.1. The normalized spacial score (nSPS) is 19.5. The molecule has 1 N–H and O–H groups in total. The highest BCUT2D eigenvalue weighted by Gasteiger charge is 2.34. The Hall–Kier alpha value is -3.57. The van der Waals surface area contributed by atoms with Crippen LogP contribution in [-0.2, 0) is 6.54 Å². The summed E-state index contributed by atoms with van der Waals surface area (Å²) in [5, 5.41) is 12.6. The van der Waals surface area contributed by atoms with Gasteiger partial charge in [-0.15, -0.1) is 0 Å². The maximum absolute atomic E-state index is 12.6. The number of amides is 1. The molecule has 2 heterocycles. The molecule has 3 aromatic carbocycles. The molecular formula is C30H32N2O3. The molecule has 0 aliphatic carbocycles. The molecule has 0 bridgehead atoms. The fraction of sp³-hybridized carbons (Fsp3) is 0.300. The molecule has 1 amide bonds. The van der Waals surface area contributed by atoms with Crippen LogP contribution >= 0.6 is 0 Å². The van der Waals surface area contributed by atoms with Crippen molar-refractivity contribution < 1.29 is 14.3 Å². The molecule has 5 heteroatoms. The summed E-state index contributed by atoms with van der Waals surface area (Å²) in [6, 6.07) is 26.7. The number of rotatable bonds is 7. The summed E-state index contributed by atoms with van der Waals surface area (Å²) in [6.07, 6.45) is 3.64. The second-order valence-corrected chi connectivity index (χ2v) is 9.61. The van der Waals surface area contributed by atoms with E-state index < -0.39 is 6.09 Å². The van der Waals surface area contributed by atoms with E-state index in [4.69, 9.17) is 4.42 Å². The van der Waals surface area contributed by atoms with Gasteiger partial charge in [-0.3, -0.25) is 4.90 Å². The minimum absolute atomic E-state index is 0.187. The Labute approximate surface area is 206 Å². The predicted octanol–water partition coefficient (Wildman–Crippen LogP) is 6.78. The monoisotopic (exact) mass is 468 g/mol. The first-order valence-electron chi connectivity index (χ1n) is 12.4. The fourth-order valence-corrected chi connectivity index (χ4v) is 5.65. The first-order valence-corrected chi connectivity index (χ1v) is 12.4. The number of likely N-dealkylation sites (tertiary alicyclic amines) is 1. The average molecular weight is 469 g/mol. The van der Waals surface area contributed by atoms with E-state index in [0.29, 0.717) is 12.5 Å². The summed E-state index contributed by atoms with van der Waals surface area (Å²) >= 11 is 0. The average Bonchev–Trinajstić information content (AvgIpc) is 3.40.